The number of nitrogens with zero attached hydrogens (tertiary/aromatic N) is 2. The number of halogens is 2. The standard InChI is InChI=1S/C22H20ClFN2OS/c23-17-5-2-4-16(13-17)21-22-19(25-14-28-22)11-12-26(21)20(27)6-1-3-15-7-9-18(24)10-8-15/h2,4-5,7-10,13-14,21H,1,3,6,11-12H2. The van der Waals surface area contributed by atoms with E-state index in [0.29, 0.717) is 18.0 Å². The second kappa shape index (κ2) is 8.41. The highest BCUT2D eigenvalue weighted by Crippen LogP contribution is 2.38. The average molecular weight is 415 g/mol. The topological polar surface area (TPSA) is 33.2 Å². The van der Waals surface area contributed by atoms with Crippen molar-refractivity contribution in [3.63, 3.8) is 0 Å². The fourth-order valence-electron chi connectivity index (χ4n) is 3.70. The molecule has 3 aromatic rings. The van der Waals surface area contributed by atoms with Gasteiger partial charge in [-0.25, -0.2) is 9.37 Å². The average Bonchev–Trinajstić information content (AvgIpc) is 3.17. The van der Waals surface area contributed by atoms with Crippen LogP contribution >= 0.6 is 22.9 Å². The van der Waals surface area contributed by atoms with Crippen molar-refractivity contribution >= 4 is 28.8 Å². The van der Waals surface area contributed by atoms with Crippen molar-refractivity contribution in [2.45, 2.75) is 31.7 Å². The molecule has 1 aromatic heterocycles. The number of amides is 1. The lowest BCUT2D eigenvalue weighted by molar-refractivity contribution is -0.133. The third-order valence-electron chi connectivity index (χ3n) is 5.08. The van der Waals surface area contributed by atoms with Crippen LogP contribution in [0, 0.1) is 5.82 Å². The molecule has 6 heteroatoms. The first-order valence-corrected chi connectivity index (χ1v) is 10.6. The molecule has 3 nitrogen and oxygen atoms in total. The molecule has 0 radical (unpaired) electrons. The SMILES string of the molecule is O=C(CCCc1ccc(F)cc1)N1CCc2ncsc2C1c1cccc(Cl)c1. The van der Waals surface area contributed by atoms with Crippen LogP contribution in [0.15, 0.2) is 54.0 Å². The normalized spacial score (nSPS) is 16.1. The number of thiazole rings is 1. The zero-order valence-electron chi connectivity index (χ0n) is 15.3. The molecular weight excluding hydrogens is 395 g/mol. The molecule has 2 heterocycles. The van der Waals surface area contributed by atoms with E-state index in [1.165, 1.54) is 12.1 Å². The third kappa shape index (κ3) is 4.10. The largest absolute Gasteiger partial charge is 0.330 e. The third-order valence-corrected chi connectivity index (χ3v) is 6.24. The number of hydrogen-bond acceptors (Lipinski definition) is 3. The van der Waals surface area contributed by atoms with Crippen LogP contribution in [0.2, 0.25) is 5.02 Å². The highest BCUT2D eigenvalue weighted by Gasteiger charge is 2.33. The first-order chi connectivity index (χ1) is 13.6. The summed E-state index contributed by atoms with van der Waals surface area (Å²) in [5.74, 6) is -0.107. The first kappa shape index (κ1) is 19.1. The number of carbonyl (C=O) groups is 1. The van der Waals surface area contributed by atoms with E-state index in [1.807, 2.05) is 34.7 Å². The Labute approximate surface area is 172 Å². The predicted molar refractivity (Wildman–Crippen MR) is 110 cm³/mol. The molecule has 1 amide bonds. The maximum Gasteiger partial charge on any atom is 0.223 e. The van der Waals surface area contributed by atoms with Gasteiger partial charge in [0.2, 0.25) is 5.91 Å². The van der Waals surface area contributed by atoms with Crippen molar-refractivity contribution in [3.05, 3.63) is 86.6 Å². The summed E-state index contributed by atoms with van der Waals surface area (Å²) in [5, 5.41) is 0.665. The zero-order chi connectivity index (χ0) is 19.5. The summed E-state index contributed by atoms with van der Waals surface area (Å²) in [4.78, 5) is 20.6. The van der Waals surface area contributed by atoms with Gasteiger partial charge in [-0.3, -0.25) is 4.79 Å². The lowest BCUT2D eigenvalue weighted by atomic mass is 9.96. The van der Waals surface area contributed by atoms with Crippen LogP contribution in [0.25, 0.3) is 0 Å². The number of hydrogen-bond donors (Lipinski definition) is 0. The summed E-state index contributed by atoms with van der Waals surface area (Å²) < 4.78 is 13.0. The van der Waals surface area contributed by atoms with Crippen molar-refractivity contribution in [2.75, 3.05) is 6.54 Å². The molecule has 1 atom stereocenters. The Kier molecular flexibility index (Phi) is 5.74. The van der Waals surface area contributed by atoms with Gasteiger partial charge >= 0.3 is 0 Å². The zero-order valence-corrected chi connectivity index (χ0v) is 16.8. The van der Waals surface area contributed by atoms with Crippen molar-refractivity contribution in [3.8, 4) is 0 Å². The predicted octanol–water partition coefficient (Wildman–Crippen LogP) is 5.43. The lowest BCUT2D eigenvalue weighted by Gasteiger charge is -2.35. The minimum Gasteiger partial charge on any atom is -0.330 e. The molecule has 4 rings (SSSR count). The fraction of sp³-hybridized carbons (Fsp3) is 0.273. The molecule has 0 saturated heterocycles. The van der Waals surface area contributed by atoms with Crippen LogP contribution in [-0.2, 0) is 17.6 Å². The van der Waals surface area contributed by atoms with Gasteiger partial charge in [-0.05, 0) is 48.2 Å². The second-order valence-corrected chi connectivity index (χ2v) is 8.26. The molecule has 1 unspecified atom stereocenters. The van der Waals surface area contributed by atoms with Crippen molar-refractivity contribution in [2.24, 2.45) is 0 Å². The quantitative estimate of drug-likeness (QED) is 0.557. The van der Waals surface area contributed by atoms with Gasteiger partial charge in [0.1, 0.15) is 5.82 Å². The van der Waals surface area contributed by atoms with Crippen LogP contribution in [0.4, 0.5) is 4.39 Å². The highest BCUT2D eigenvalue weighted by atomic mass is 35.5. The number of aromatic nitrogens is 1. The van der Waals surface area contributed by atoms with E-state index < -0.39 is 0 Å². The Bertz CT molecular complexity index is 973. The molecule has 2 aromatic carbocycles. The summed E-state index contributed by atoms with van der Waals surface area (Å²) in [6.07, 6.45) is 2.73. The van der Waals surface area contributed by atoms with Gasteiger partial charge < -0.3 is 4.90 Å². The maximum atomic E-state index is 13.1. The summed E-state index contributed by atoms with van der Waals surface area (Å²) in [7, 11) is 0. The van der Waals surface area contributed by atoms with Gasteiger partial charge in [-0.2, -0.15) is 0 Å². The number of benzene rings is 2. The van der Waals surface area contributed by atoms with Crippen molar-refractivity contribution in [1.82, 2.24) is 9.88 Å². The van der Waals surface area contributed by atoms with Gasteiger partial charge in [0, 0.05) is 24.4 Å². The molecular formula is C22H20ClFN2OS. The molecule has 1 aliphatic heterocycles. The van der Waals surface area contributed by atoms with E-state index in [2.05, 4.69) is 4.98 Å². The first-order valence-electron chi connectivity index (χ1n) is 9.33. The molecule has 0 spiro atoms. The Hall–Kier alpha value is -2.24. The van der Waals surface area contributed by atoms with Crippen LogP contribution in [-0.4, -0.2) is 22.3 Å². The van der Waals surface area contributed by atoms with Gasteiger partial charge in [0.05, 0.1) is 22.1 Å². The molecule has 28 heavy (non-hydrogen) atoms. The lowest BCUT2D eigenvalue weighted by Crippen LogP contribution is -2.40. The van der Waals surface area contributed by atoms with Crippen LogP contribution in [0.1, 0.15) is 40.6 Å². The summed E-state index contributed by atoms with van der Waals surface area (Å²) in [5.41, 5.74) is 4.99. The van der Waals surface area contributed by atoms with E-state index in [9.17, 15) is 9.18 Å². The monoisotopic (exact) mass is 414 g/mol. The van der Waals surface area contributed by atoms with Gasteiger partial charge in [0.25, 0.3) is 0 Å². The summed E-state index contributed by atoms with van der Waals surface area (Å²) in [6, 6.07) is 14.1. The van der Waals surface area contributed by atoms with E-state index in [0.717, 1.165) is 41.0 Å². The molecule has 0 aliphatic carbocycles. The van der Waals surface area contributed by atoms with E-state index in [4.69, 9.17) is 11.6 Å². The van der Waals surface area contributed by atoms with Gasteiger partial charge in [-0.15, -0.1) is 11.3 Å². The minimum absolute atomic E-state index is 0.131. The molecule has 144 valence electrons. The number of carbonyl (C=O) groups excluding carboxylic acids is 1. The number of fused-ring (bicyclic) bond motifs is 1. The van der Waals surface area contributed by atoms with E-state index in [-0.39, 0.29) is 17.8 Å². The molecule has 0 N–H and O–H groups in total. The second-order valence-electron chi connectivity index (χ2n) is 6.94. The summed E-state index contributed by atoms with van der Waals surface area (Å²) in [6.45, 7) is 0.656. The molecule has 1 aliphatic rings. The Morgan fingerprint density at radius 2 is 2.07 bits per heavy atom. The van der Waals surface area contributed by atoms with Crippen LogP contribution in [0.5, 0.6) is 0 Å². The van der Waals surface area contributed by atoms with Crippen LogP contribution < -0.4 is 0 Å². The Morgan fingerprint density at radius 1 is 1.25 bits per heavy atom. The molecule has 0 fully saturated rings. The maximum absolute atomic E-state index is 13.1. The molecule has 0 bridgehead atoms. The molecule has 0 saturated carbocycles. The highest BCUT2D eigenvalue weighted by molar-refractivity contribution is 7.09. The minimum atomic E-state index is -0.238. The van der Waals surface area contributed by atoms with Crippen LogP contribution in [0.3, 0.4) is 0 Å². The number of rotatable bonds is 5. The fourth-order valence-corrected chi connectivity index (χ4v) is 4.88. The van der Waals surface area contributed by atoms with E-state index >= 15 is 0 Å². The van der Waals surface area contributed by atoms with Gasteiger partial charge in [0.15, 0.2) is 0 Å². The smallest absolute Gasteiger partial charge is 0.223 e. The Morgan fingerprint density at radius 3 is 2.86 bits per heavy atom. The summed E-state index contributed by atoms with van der Waals surface area (Å²) >= 11 is 7.81. The Balaban J connectivity index is 1.50. The van der Waals surface area contributed by atoms with Crippen molar-refractivity contribution in [1.29, 1.82) is 0 Å². The number of aryl methyl sites for hydroxylation is 1. The van der Waals surface area contributed by atoms with Gasteiger partial charge in [-0.1, -0.05) is 35.9 Å². The van der Waals surface area contributed by atoms with E-state index in [1.54, 1.807) is 23.5 Å². The van der Waals surface area contributed by atoms with Crippen molar-refractivity contribution < 1.29 is 9.18 Å².